The molecule has 1 heterocycles. The van der Waals surface area contributed by atoms with Crippen LogP contribution in [0.1, 0.15) is 31.2 Å². The largest absolute Gasteiger partial charge is 0.396 e. The van der Waals surface area contributed by atoms with E-state index in [2.05, 4.69) is 11.3 Å². The third kappa shape index (κ3) is 2.59. The number of rotatable bonds is 4. The Bertz CT molecular complexity index is 302. The lowest BCUT2D eigenvalue weighted by Gasteiger charge is -2.20. The Morgan fingerprint density at radius 1 is 1.53 bits per heavy atom. The molecule has 0 aliphatic heterocycles. The molecule has 0 aromatic carbocycles. The van der Waals surface area contributed by atoms with Gasteiger partial charge in [-0.2, -0.15) is 5.10 Å². The van der Waals surface area contributed by atoms with E-state index in [1.54, 1.807) is 0 Å². The Hall–Kier alpha value is -0.830. The van der Waals surface area contributed by atoms with Crippen molar-refractivity contribution < 1.29 is 5.11 Å². The van der Waals surface area contributed by atoms with Crippen LogP contribution in [0.5, 0.6) is 0 Å². The number of aliphatic hydroxyl groups excluding tert-OH is 1. The minimum absolute atomic E-state index is 0.319. The average Bonchev–Trinajstić information content (AvgIpc) is 2.85. The average molecular weight is 208 g/mol. The minimum atomic E-state index is 0.319. The minimum Gasteiger partial charge on any atom is -0.396 e. The van der Waals surface area contributed by atoms with Crippen LogP contribution in [0.3, 0.4) is 0 Å². The molecule has 2 rings (SSSR count). The summed E-state index contributed by atoms with van der Waals surface area (Å²) >= 11 is 0. The van der Waals surface area contributed by atoms with E-state index in [-0.39, 0.29) is 0 Å². The highest BCUT2D eigenvalue weighted by atomic mass is 16.3. The van der Waals surface area contributed by atoms with E-state index in [1.807, 2.05) is 17.9 Å². The van der Waals surface area contributed by atoms with Crippen LogP contribution in [0, 0.1) is 11.8 Å². The standard InChI is InChI=1S/C12H20N2O/c1-14-8-10(7-13-14)6-12(9-15)11-4-2-3-5-11/h7-8,11-12,15H,2-6,9H2,1H3. The molecule has 0 spiro atoms. The van der Waals surface area contributed by atoms with Crippen molar-refractivity contribution in [1.82, 2.24) is 9.78 Å². The Balaban J connectivity index is 1.95. The number of nitrogens with zero attached hydrogens (tertiary/aromatic N) is 2. The molecule has 1 aliphatic rings. The van der Waals surface area contributed by atoms with Crippen LogP contribution in [0.2, 0.25) is 0 Å². The third-order valence-electron chi connectivity index (χ3n) is 3.56. The zero-order chi connectivity index (χ0) is 10.7. The first-order valence-electron chi connectivity index (χ1n) is 5.88. The Morgan fingerprint density at radius 2 is 2.27 bits per heavy atom. The summed E-state index contributed by atoms with van der Waals surface area (Å²) < 4.78 is 1.83. The van der Waals surface area contributed by atoms with Gasteiger partial charge in [-0.05, 0) is 23.8 Å². The normalized spacial score (nSPS) is 19.6. The lowest BCUT2D eigenvalue weighted by atomic mass is 9.87. The van der Waals surface area contributed by atoms with Crippen LogP contribution in [-0.4, -0.2) is 21.5 Å². The van der Waals surface area contributed by atoms with E-state index in [9.17, 15) is 5.11 Å². The van der Waals surface area contributed by atoms with Crippen molar-refractivity contribution in [3.8, 4) is 0 Å². The highest BCUT2D eigenvalue weighted by Crippen LogP contribution is 2.32. The molecule has 0 bridgehead atoms. The van der Waals surface area contributed by atoms with Crippen molar-refractivity contribution in [2.24, 2.45) is 18.9 Å². The maximum atomic E-state index is 9.43. The van der Waals surface area contributed by atoms with E-state index in [0.717, 1.165) is 12.3 Å². The van der Waals surface area contributed by atoms with Gasteiger partial charge in [0.05, 0.1) is 6.20 Å². The lowest BCUT2D eigenvalue weighted by Crippen LogP contribution is -2.18. The molecule has 1 unspecified atom stereocenters. The molecule has 0 amide bonds. The van der Waals surface area contributed by atoms with Crippen LogP contribution in [0.25, 0.3) is 0 Å². The fourth-order valence-electron chi connectivity index (χ4n) is 2.69. The van der Waals surface area contributed by atoms with E-state index in [1.165, 1.54) is 31.2 Å². The highest BCUT2D eigenvalue weighted by molar-refractivity contribution is 5.05. The van der Waals surface area contributed by atoms with Gasteiger partial charge < -0.3 is 5.11 Å². The van der Waals surface area contributed by atoms with Crippen LogP contribution in [0.15, 0.2) is 12.4 Å². The van der Waals surface area contributed by atoms with Gasteiger partial charge in [0, 0.05) is 19.9 Å². The smallest absolute Gasteiger partial charge is 0.0521 e. The van der Waals surface area contributed by atoms with Gasteiger partial charge in [-0.3, -0.25) is 4.68 Å². The zero-order valence-corrected chi connectivity index (χ0v) is 9.39. The summed E-state index contributed by atoms with van der Waals surface area (Å²) in [5.74, 6) is 1.17. The van der Waals surface area contributed by atoms with Gasteiger partial charge in [0.1, 0.15) is 0 Å². The maximum absolute atomic E-state index is 9.43. The first-order chi connectivity index (χ1) is 7.29. The van der Waals surface area contributed by atoms with Crippen molar-refractivity contribution >= 4 is 0 Å². The van der Waals surface area contributed by atoms with E-state index >= 15 is 0 Å². The predicted octanol–water partition coefficient (Wildman–Crippen LogP) is 1.76. The van der Waals surface area contributed by atoms with E-state index in [0.29, 0.717) is 12.5 Å². The molecule has 1 N–H and O–H groups in total. The summed E-state index contributed by atoms with van der Waals surface area (Å²) in [7, 11) is 1.94. The molecule has 1 fully saturated rings. The van der Waals surface area contributed by atoms with Crippen LogP contribution in [-0.2, 0) is 13.5 Å². The summed E-state index contributed by atoms with van der Waals surface area (Å²) in [6, 6.07) is 0. The second kappa shape index (κ2) is 4.79. The lowest BCUT2D eigenvalue weighted by molar-refractivity contribution is 0.175. The van der Waals surface area contributed by atoms with E-state index < -0.39 is 0 Å². The summed E-state index contributed by atoms with van der Waals surface area (Å²) in [6.45, 7) is 0.319. The molecule has 1 aromatic rings. The second-order valence-corrected chi connectivity index (χ2v) is 4.71. The molecule has 0 saturated heterocycles. The summed E-state index contributed by atoms with van der Waals surface area (Å²) in [5, 5.41) is 13.6. The molecule has 1 aliphatic carbocycles. The first-order valence-corrected chi connectivity index (χ1v) is 5.88. The summed E-state index contributed by atoms with van der Waals surface area (Å²) in [6.07, 6.45) is 10.2. The monoisotopic (exact) mass is 208 g/mol. The number of aromatic nitrogens is 2. The van der Waals surface area contributed by atoms with Crippen molar-refractivity contribution in [3.05, 3.63) is 18.0 Å². The Labute approximate surface area is 91.1 Å². The van der Waals surface area contributed by atoms with Gasteiger partial charge >= 0.3 is 0 Å². The van der Waals surface area contributed by atoms with Gasteiger partial charge in [0.15, 0.2) is 0 Å². The molecule has 1 aromatic heterocycles. The number of hydrogen-bond donors (Lipinski definition) is 1. The van der Waals surface area contributed by atoms with Gasteiger partial charge in [0.25, 0.3) is 0 Å². The topological polar surface area (TPSA) is 38.0 Å². The van der Waals surface area contributed by atoms with Gasteiger partial charge in [0.2, 0.25) is 0 Å². The molecule has 1 saturated carbocycles. The quantitative estimate of drug-likeness (QED) is 0.818. The fourth-order valence-corrected chi connectivity index (χ4v) is 2.69. The van der Waals surface area contributed by atoms with Gasteiger partial charge in [-0.1, -0.05) is 25.7 Å². The second-order valence-electron chi connectivity index (χ2n) is 4.71. The molecular formula is C12H20N2O. The molecule has 15 heavy (non-hydrogen) atoms. The number of aliphatic hydroxyl groups is 1. The molecule has 1 atom stereocenters. The van der Waals surface area contributed by atoms with Gasteiger partial charge in [-0.15, -0.1) is 0 Å². The molecule has 0 radical (unpaired) electrons. The fraction of sp³-hybridized carbons (Fsp3) is 0.750. The van der Waals surface area contributed by atoms with Gasteiger partial charge in [-0.25, -0.2) is 0 Å². The van der Waals surface area contributed by atoms with Crippen molar-refractivity contribution in [2.45, 2.75) is 32.1 Å². The van der Waals surface area contributed by atoms with Crippen molar-refractivity contribution in [2.75, 3.05) is 6.61 Å². The SMILES string of the molecule is Cn1cc(CC(CO)C2CCCC2)cn1. The van der Waals surface area contributed by atoms with Crippen molar-refractivity contribution in [3.63, 3.8) is 0 Å². The van der Waals surface area contributed by atoms with Crippen LogP contribution >= 0.6 is 0 Å². The first kappa shape index (κ1) is 10.7. The predicted molar refractivity (Wildman–Crippen MR) is 59.4 cm³/mol. The third-order valence-corrected chi connectivity index (χ3v) is 3.56. The molecule has 3 nitrogen and oxygen atoms in total. The maximum Gasteiger partial charge on any atom is 0.0521 e. The summed E-state index contributed by atoms with van der Waals surface area (Å²) in [4.78, 5) is 0. The number of aryl methyl sites for hydroxylation is 1. The molecular weight excluding hydrogens is 188 g/mol. The Morgan fingerprint density at radius 3 is 2.80 bits per heavy atom. The zero-order valence-electron chi connectivity index (χ0n) is 9.39. The van der Waals surface area contributed by atoms with Crippen LogP contribution < -0.4 is 0 Å². The highest BCUT2D eigenvalue weighted by Gasteiger charge is 2.24. The van der Waals surface area contributed by atoms with Crippen LogP contribution in [0.4, 0.5) is 0 Å². The van der Waals surface area contributed by atoms with Crippen molar-refractivity contribution in [1.29, 1.82) is 0 Å². The summed E-state index contributed by atoms with van der Waals surface area (Å²) in [5.41, 5.74) is 1.25. The van der Waals surface area contributed by atoms with E-state index in [4.69, 9.17) is 0 Å². The molecule has 3 heteroatoms. The Kier molecular flexibility index (Phi) is 3.41. The number of hydrogen-bond acceptors (Lipinski definition) is 2. The molecule has 84 valence electrons.